The molecular formula is C21H27FN2O4S. The van der Waals surface area contributed by atoms with Gasteiger partial charge in [0.15, 0.2) is 0 Å². The Bertz CT molecular complexity index is 899. The van der Waals surface area contributed by atoms with E-state index in [-0.39, 0.29) is 17.5 Å². The third-order valence-electron chi connectivity index (χ3n) is 4.25. The zero-order valence-electron chi connectivity index (χ0n) is 16.9. The van der Waals surface area contributed by atoms with Crippen molar-refractivity contribution in [1.29, 1.82) is 0 Å². The van der Waals surface area contributed by atoms with E-state index in [0.717, 1.165) is 29.3 Å². The molecule has 8 heteroatoms. The number of amides is 1. The Labute approximate surface area is 171 Å². The SMILES string of the molecule is CCC[C@H](C)NC(=O)CN(c1ccc(OCC)cc1)S(=O)(=O)c1ccc(F)cc1. The molecule has 0 spiro atoms. The predicted octanol–water partition coefficient (Wildman–Crippen LogP) is 3.72. The van der Waals surface area contributed by atoms with Crippen LogP contribution in [0.4, 0.5) is 10.1 Å². The van der Waals surface area contributed by atoms with Gasteiger partial charge in [-0.2, -0.15) is 0 Å². The van der Waals surface area contributed by atoms with Crippen LogP contribution in [-0.2, 0) is 14.8 Å². The number of carbonyl (C=O) groups excluding carboxylic acids is 1. The van der Waals surface area contributed by atoms with E-state index in [9.17, 15) is 17.6 Å². The summed E-state index contributed by atoms with van der Waals surface area (Å²) in [4.78, 5) is 12.4. The second kappa shape index (κ2) is 10.2. The average molecular weight is 423 g/mol. The zero-order chi connectivity index (χ0) is 21.4. The van der Waals surface area contributed by atoms with Crippen molar-refractivity contribution in [3.8, 4) is 5.75 Å². The Kier molecular flexibility index (Phi) is 8.01. The summed E-state index contributed by atoms with van der Waals surface area (Å²) in [5.41, 5.74) is 0.316. The van der Waals surface area contributed by atoms with E-state index in [1.807, 2.05) is 20.8 Å². The van der Waals surface area contributed by atoms with Crippen molar-refractivity contribution in [3.63, 3.8) is 0 Å². The minimum atomic E-state index is -4.07. The summed E-state index contributed by atoms with van der Waals surface area (Å²) in [7, 11) is -4.07. The monoisotopic (exact) mass is 422 g/mol. The second-order valence-corrected chi connectivity index (χ2v) is 8.51. The van der Waals surface area contributed by atoms with Crippen LogP contribution in [0.5, 0.6) is 5.75 Å². The van der Waals surface area contributed by atoms with Gasteiger partial charge < -0.3 is 10.1 Å². The standard InChI is InChI=1S/C21H27FN2O4S/c1-4-6-16(3)23-21(25)15-24(18-9-11-19(12-10-18)28-5-2)29(26,27)20-13-7-17(22)8-14-20/h7-14,16H,4-6,15H2,1-3H3,(H,23,25)/t16-/m0/s1. The van der Waals surface area contributed by atoms with Gasteiger partial charge in [-0.15, -0.1) is 0 Å². The molecule has 6 nitrogen and oxygen atoms in total. The van der Waals surface area contributed by atoms with Crippen LogP contribution < -0.4 is 14.4 Å². The van der Waals surface area contributed by atoms with Crippen molar-refractivity contribution in [1.82, 2.24) is 5.32 Å². The molecule has 2 rings (SSSR count). The number of hydrogen-bond acceptors (Lipinski definition) is 4. The van der Waals surface area contributed by atoms with Gasteiger partial charge in [-0.1, -0.05) is 13.3 Å². The molecule has 0 aliphatic carbocycles. The molecule has 29 heavy (non-hydrogen) atoms. The van der Waals surface area contributed by atoms with Crippen molar-refractivity contribution in [2.45, 2.75) is 44.6 Å². The number of halogens is 1. The summed E-state index contributed by atoms with van der Waals surface area (Å²) in [6.45, 7) is 5.82. The molecule has 0 aromatic heterocycles. The molecule has 0 saturated carbocycles. The number of anilines is 1. The fourth-order valence-electron chi connectivity index (χ4n) is 2.88. The van der Waals surface area contributed by atoms with E-state index in [2.05, 4.69) is 5.32 Å². The van der Waals surface area contributed by atoms with Gasteiger partial charge in [0.2, 0.25) is 5.91 Å². The molecular weight excluding hydrogens is 395 g/mol. The van der Waals surface area contributed by atoms with E-state index in [1.165, 1.54) is 12.1 Å². The molecule has 0 unspecified atom stereocenters. The van der Waals surface area contributed by atoms with Crippen molar-refractivity contribution in [2.24, 2.45) is 0 Å². The number of nitrogens with zero attached hydrogens (tertiary/aromatic N) is 1. The third-order valence-corrected chi connectivity index (χ3v) is 6.04. The topological polar surface area (TPSA) is 75.7 Å². The maximum absolute atomic E-state index is 13.3. The quantitative estimate of drug-likeness (QED) is 0.633. The molecule has 0 bridgehead atoms. The van der Waals surface area contributed by atoms with Crippen LogP contribution in [0.25, 0.3) is 0 Å². The summed E-state index contributed by atoms with van der Waals surface area (Å²) in [6, 6.07) is 10.9. The predicted molar refractivity (Wildman–Crippen MR) is 111 cm³/mol. The molecule has 1 amide bonds. The first-order chi connectivity index (χ1) is 13.8. The highest BCUT2D eigenvalue weighted by atomic mass is 32.2. The molecule has 0 heterocycles. The number of nitrogens with one attached hydrogen (secondary N) is 1. The summed E-state index contributed by atoms with van der Waals surface area (Å²) < 4.78 is 46.1. The van der Waals surface area contributed by atoms with Gasteiger partial charge in [0.1, 0.15) is 18.1 Å². The molecule has 0 fully saturated rings. The van der Waals surface area contributed by atoms with E-state index in [0.29, 0.717) is 18.0 Å². The van der Waals surface area contributed by atoms with Crippen LogP contribution in [0, 0.1) is 5.82 Å². The summed E-state index contributed by atoms with van der Waals surface area (Å²) in [5.74, 6) is -0.357. The largest absolute Gasteiger partial charge is 0.494 e. The molecule has 0 saturated heterocycles. The summed E-state index contributed by atoms with van der Waals surface area (Å²) in [5, 5.41) is 2.82. The van der Waals surface area contributed by atoms with Gasteiger partial charge in [0.25, 0.3) is 10.0 Å². The highest BCUT2D eigenvalue weighted by Crippen LogP contribution is 2.26. The third kappa shape index (κ3) is 6.19. The average Bonchev–Trinajstić information content (AvgIpc) is 2.67. The van der Waals surface area contributed by atoms with Crippen LogP contribution in [0.15, 0.2) is 53.4 Å². The molecule has 0 radical (unpaired) electrons. The van der Waals surface area contributed by atoms with Crippen molar-refractivity contribution >= 4 is 21.6 Å². The fourth-order valence-corrected chi connectivity index (χ4v) is 4.30. The first kappa shape index (κ1) is 22.7. The highest BCUT2D eigenvalue weighted by molar-refractivity contribution is 7.92. The first-order valence-electron chi connectivity index (χ1n) is 9.58. The lowest BCUT2D eigenvalue weighted by Crippen LogP contribution is -2.43. The van der Waals surface area contributed by atoms with Crippen molar-refractivity contribution in [3.05, 3.63) is 54.3 Å². The first-order valence-corrected chi connectivity index (χ1v) is 11.0. The lowest BCUT2D eigenvalue weighted by atomic mass is 10.2. The number of sulfonamides is 1. The lowest BCUT2D eigenvalue weighted by Gasteiger charge is -2.25. The van der Waals surface area contributed by atoms with Gasteiger partial charge in [-0.3, -0.25) is 9.10 Å². The van der Waals surface area contributed by atoms with Crippen LogP contribution in [0.1, 0.15) is 33.6 Å². The van der Waals surface area contributed by atoms with E-state index < -0.39 is 21.7 Å². The fraction of sp³-hybridized carbons (Fsp3) is 0.381. The highest BCUT2D eigenvalue weighted by Gasteiger charge is 2.27. The number of hydrogen-bond donors (Lipinski definition) is 1. The Hall–Kier alpha value is -2.61. The lowest BCUT2D eigenvalue weighted by molar-refractivity contribution is -0.120. The van der Waals surface area contributed by atoms with Gasteiger partial charge >= 0.3 is 0 Å². The molecule has 158 valence electrons. The molecule has 0 aliphatic heterocycles. The van der Waals surface area contributed by atoms with Crippen LogP contribution in [0.2, 0.25) is 0 Å². The van der Waals surface area contributed by atoms with E-state index in [1.54, 1.807) is 24.3 Å². The number of rotatable bonds is 10. The van der Waals surface area contributed by atoms with E-state index in [4.69, 9.17) is 4.74 Å². The smallest absolute Gasteiger partial charge is 0.264 e. The number of benzene rings is 2. The second-order valence-electron chi connectivity index (χ2n) is 6.65. The minimum Gasteiger partial charge on any atom is -0.494 e. The molecule has 2 aromatic carbocycles. The van der Waals surface area contributed by atoms with Crippen molar-refractivity contribution < 1.29 is 22.3 Å². The van der Waals surface area contributed by atoms with Gasteiger partial charge in [0, 0.05) is 6.04 Å². The Morgan fingerprint density at radius 2 is 1.72 bits per heavy atom. The zero-order valence-corrected chi connectivity index (χ0v) is 17.7. The maximum atomic E-state index is 13.3. The Morgan fingerprint density at radius 3 is 2.28 bits per heavy atom. The van der Waals surface area contributed by atoms with Gasteiger partial charge in [-0.05, 0) is 68.8 Å². The normalized spacial score (nSPS) is 12.3. The van der Waals surface area contributed by atoms with E-state index >= 15 is 0 Å². The summed E-state index contributed by atoms with van der Waals surface area (Å²) in [6.07, 6.45) is 1.69. The van der Waals surface area contributed by atoms with Crippen molar-refractivity contribution in [2.75, 3.05) is 17.5 Å². The minimum absolute atomic E-state index is 0.0665. The Morgan fingerprint density at radius 1 is 1.10 bits per heavy atom. The molecule has 1 N–H and O–H groups in total. The number of ether oxygens (including phenoxy) is 1. The van der Waals surface area contributed by atoms with Gasteiger partial charge in [-0.25, -0.2) is 12.8 Å². The van der Waals surface area contributed by atoms with Crippen LogP contribution in [-0.4, -0.2) is 33.5 Å². The van der Waals surface area contributed by atoms with Gasteiger partial charge in [0.05, 0.1) is 17.2 Å². The molecule has 2 aromatic rings. The number of carbonyl (C=O) groups is 1. The van der Waals surface area contributed by atoms with Crippen LogP contribution >= 0.6 is 0 Å². The Balaban J connectivity index is 2.36. The van der Waals surface area contributed by atoms with Crippen LogP contribution in [0.3, 0.4) is 0 Å². The summed E-state index contributed by atoms with van der Waals surface area (Å²) >= 11 is 0. The molecule has 1 atom stereocenters. The molecule has 0 aliphatic rings. The maximum Gasteiger partial charge on any atom is 0.264 e.